The van der Waals surface area contributed by atoms with E-state index >= 15 is 0 Å². The number of hydrogen-bond acceptors (Lipinski definition) is 4. The van der Waals surface area contributed by atoms with Gasteiger partial charge in [0.1, 0.15) is 0 Å². The van der Waals surface area contributed by atoms with Crippen LogP contribution in [-0.4, -0.2) is 32.6 Å². The third kappa shape index (κ3) is 5.54. The van der Waals surface area contributed by atoms with Gasteiger partial charge in [-0.2, -0.15) is 0 Å². The molecule has 0 aromatic heterocycles. The summed E-state index contributed by atoms with van der Waals surface area (Å²) in [6, 6.07) is 10.5. The highest BCUT2D eigenvalue weighted by Gasteiger charge is 2.09. The van der Waals surface area contributed by atoms with Crippen LogP contribution in [0.3, 0.4) is 0 Å². The zero-order chi connectivity index (χ0) is 19.6. The number of methoxy groups -OCH3 is 3. The molecule has 27 heavy (non-hydrogen) atoms. The molecule has 0 radical (unpaired) electrons. The summed E-state index contributed by atoms with van der Waals surface area (Å²) in [5.74, 6) is 13.3. The molecule has 5 heteroatoms. The molecule has 0 saturated heterocycles. The number of benzene rings is 2. The molecule has 2 aromatic rings. The first-order chi connectivity index (χ1) is 13.1. The van der Waals surface area contributed by atoms with Gasteiger partial charge in [0.2, 0.25) is 0 Å². The predicted octanol–water partition coefficient (Wildman–Crippen LogP) is 4.03. The molecular formula is C22H19BrO4. The van der Waals surface area contributed by atoms with E-state index in [1.54, 1.807) is 38.5 Å². The van der Waals surface area contributed by atoms with E-state index in [0.29, 0.717) is 17.1 Å². The van der Waals surface area contributed by atoms with Crippen molar-refractivity contribution in [3.8, 4) is 35.2 Å². The van der Waals surface area contributed by atoms with Gasteiger partial charge in [0.15, 0.2) is 11.5 Å². The summed E-state index contributed by atoms with van der Waals surface area (Å²) in [6.45, 7) is 0. The number of alkyl halides is 1. The zero-order valence-corrected chi connectivity index (χ0v) is 17.0. The first kappa shape index (κ1) is 20.4. The van der Waals surface area contributed by atoms with Gasteiger partial charge in [-0.1, -0.05) is 39.6 Å². The fourth-order valence-corrected chi connectivity index (χ4v) is 2.44. The quantitative estimate of drug-likeness (QED) is 0.420. The molecule has 0 aliphatic rings. The van der Waals surface area contributed by atoms with Crippen molar-refractivity contribution in [1.82, 2.24) is 0 Å². The number of ether oxygens (including phenoxy) is 3. The number of carbonyl (C=O) groups excluding carboxylic acids is 1. The van der Waals surface area contributed by atoms with Gasteiger partial charge < -0.3 is 14.2 Å². The van der Waals surface area contributed by atoms with Gasteiger partial charge in [-0.15, -0.1) is 0 Å². The van der Waals surface area contributed by atoms with Crippen molar-refractivity contribution in [3.05, 3.63) is 58.7 Å². The lowest BCUT2D eigenvalue weighted by molar-refractivity contribution is 0.0600. The second-order valence-electron chi connectivity index (χ2n) is 5.31. The Labute approximate surface area is 168 Å². The Morgan fingerprint density at radius 3 is 2.04 bits per heavy atom. The molecule has 0 fully saturated rings. The lowest BCUT2D eigenvalue weighted by Gasteiger charge is -2.09. The molecule has 0 heterocycles. The molecule has 0 unspecified atom stereocenters. The maximum absolute atomic E-state index is 11.5. The first-order valence-electron chi connectivity index (χ1n) is 8.14. The Balaban J connectivity index is 2.41. The van der Waals surface area contributed by atoms with Crippen molar-refractivity contribution in [2.24, 2.45) is 0 Å². The molecule has 0 atom stereocenters. The van der Waals surface area contributed by atoms with E-state index in [0.717, 1.165) is 28.4 Å². The highest BCUT2D eigenvalue weighted by Crippen LogP contribution is 2.30. The van der Waals surface area contributed by atoms with Crippen molar-refractivity contribution in [1.29, 1.82) is 0 Å². The minimum absolute atomic E-state index is 0.376. The summed E-state index contributed by atoms with van der Waals surface area (Å²) >= 11 is 3.37. The summed E-state index contributed by atoms with van der Waals surface area (Å²) < 4.78 is 15.4. The van der Waals surface area contributed by atoms with E-state index in [1.807, 2.05) is 12.1 Å². The summed E-state index contributed by atoms with van der Waals surface area (Å²) in [5.41, 5.74) is 2.77. The van der Waals surface area contributed by atoms with E-state index in [4.69, 9.17) is 14.2 Å². The molecule has 2 aromatic carbocycles. The van der Waals surface area contributed by atoms with E-state index in [1.165, 1.54) is 7.11 Å². The second-order valence-corrected chi connectivity index (χ2v) is 6.11. The van der Waals surface area contributed by atoms with Crippen LogP contribution in [0.15, 0.2) is 36.4 Å². The van der Waals surface area contributed by atoms with E-state index in [-0.39, 0.29) is 5.97 Å². The zero-order valence-electron chi connectivity index (χ0n) is 15.4. The van der Waals surface area contributed by atoms with Gasteiger partial charge in [-0.25, -0.2) is 4.79 Å². The Kier molecular flexibility index (Phi) is 7.79. The lowest BCUT2D eigenvalue weighted by atomic mass is 10.1. The molecule has 2 rings (SSSR count). The van der Waals surface area contributed by atoms with Crippen LogP contribution >= 0.6 is 15.9 Å². The monoisotopic (exact) mass is 426 g/mol. The Morgan fingerprint density at radius 1 is 0.926 bits per heavy atom. The second kappa shape index (κ2) is 10.3. The van der Waals surface area contributed by atoms with Crippen LogP contribution in [0.2, 0.25) is 0 Å². The molecule has 0 spiro atoms. The molecule has 0 bridgehead atoms. The standard InChI is InChI=1S/C22H19BrO4/c1-25-20-14-18(6-4-5-13-23)19(15-21(20)26-2)12-9-16-7-10-17(11-8-16)22(24)27-3/h7-8,10-11,14-15H,5,13H2,1-3H3. The molecule has 0 amide bonds. The minimum Gasteiger partial charge on any atom is -0.493 e. The number of carbonyl (C=O) groups is 1. The topological polar surface area (TPSA) is 44.8 Å². The largest absolute Gasteiger partial charge is 0.493 e. The Hall–Kier alpha value is -2.89. The maximum atomic E-state index is 11.5. The SMILES string of the molecule is COC(=O)c1ccc(C#Cc2cc(OC)c(OC)cc2C#CCCBr)cc1. The van der Waals surface area contributed by atoms with Crippen LogP contribution in [0.4, 0.5) is 0 Å². The van der Waals surface area contributed by atoms with Crippen molar-refractivity contribution in [2.45, 2.75) is 6.42 Å². The number of rotatable bonds is 4. The fourth-order valence-electron chi connectivity index (χ4n) is 2.24. The van der Waals surface area contributed by atoms with Gasteiger partial charge >= 0.3 is 5.97 Å². The van der Waals surface area contributed by atoms with Crippen LogP contribution in [0.1, 0.15) is 33.5 Å². The first-order valence-corrected chi connectivity index (χ1v) is 9.26. The van der Waals surface area contributed by atoms with Crippen molar-refractivity contribution in [2.75, 3.05) is 26.7 Å². The fraction of sp³-hybridized carbons (Fsp3) is 0.227. The van der Waals surface area contributed by atoms with Gasteiger partial charge in [-0.05, 0) is 24.3 Å². The van der Waals surface area contributed by atoms with E-state index < -0.39 is 0 Å². The van der Waals surface area contributed by atoms with Gasteiger partial charge in [0.05, 0.1) is 26.9 Å². The summed E-state index contributed by atoms with van der Waals surface area (Å²) in [6.07, 6.45) is 0.732. The smallest absolute Gasteiger partial charge is 0.337 e. The van der Waals surface area contributed by atoms with Crippen molar-refractivity contribution < 1.29 is 19.0 Å². The molecular weight excluding hydrogens is 408 g/mol. The van der Waals surface area contributed by atoms with Crippen LogP contribution in [0, 0.1) is 23.7 Å². The van der Waals surface area contributed by atoms with Crippen LogP contribution in [0.5, 0.6) is 11.5 Å². The predicted molar refractivity (Wildman–Crippen MR) is 109 cm³/mol. The average molecular weight is 427 g/mol. The summed E-state index contributed by atoms with van der Waals surface area (Å²) in [7, 11) is 4.52. The van der Waals surface area contributed by atoms with Gasteiger partial charge in [-0.3, -0.25) is 0 Å². The minimum atomic E-state index is -0.376. The maximum Gasteiger partial charge on any atom is 0.337 e. The highest BCUT2D eigenvalue weighted by molar-refractivity contribution is 9.09. The molecule has 4 nitrogen and oxygen atoms in total. The van der Waals surface area contributed by atoms with Gasteiger partial charge in [0.25, 0.3) is 0 Å². The molecule has 0 N–H and O–H groups in total. The van der Waals surface area contributed by atoms with Crippen LogP contribution in [0.25, 0.3) is 0 Å². The van der Waals surface area contributed by atoms with Crippen molar-refractivity contribution >= 4 is 21.9 Å². The van der Waals surface area contributed by atoms with Gasteiger partial charge in [0, 0.05) is 40.6 Å². The summed E-state index contributed by atoms with van der Waals surface area (Å²) in [4.78, 5) is 11.5. The van der Waals surface area contributed by atoms with Crippen LogP contribution in [-0.2, 0) is 4.74 Å². The van der Waals surface area contributed by atoms with Crippen molar-refractivity contribution in [3.63, 3.8) is 0 Å². The molecule has 0 saturated carbocycles. The van der Waals surface area contributed by atoms with E-state index in [2.05, 4.69) is 39.6 Å². The van der Waals surface area contributed by atoms with E-state index in [9.17, 15) is 4.79 Å². The Morgan fingerprint density at radius 2 is 1.52 bits per heavy atom. The lowest BCUT2D eigenvalue weighted by Crippen LogP contribution is -2.00. The average Bonchev–Trinajstić information content (AvgIpc) is 2.72. The number of esters is 1. The third-order valence-corrected chi connectivity index (χ3v) is 4.01. The summed E-state index contributed by atoms with van der Waals surface area (Å²) in [5, 5.41) is 0.806. The molecule has 0 aliphatic heterocycles. The third-order valence-electron chi connectivity index (χ3n) is 3.61. The Bertz CT molecular complexity index is 925. The number of hydrogen-bond donors (Lipinski definition) is 0. The normalized spacial score (nSPS) is 9.33. The molecule has 0 aliphatic carbocycles. The highest BCUT2D eigenvalue weighted by atomic mass is 79.9. The number of halogens is 1. The van der Waals surface area contributed by atoms with Crippen LogP contribution < -0.4 is 9.47 Å². The molecule has 138 valence electrons.